The quantitative estimate of drug-likeness (QED) is 0.468. The van der Waals surface area contributed by atoms with Crippen LogP contribution in [-0.2, 0) is 11.2 Å². The van der Waals surface area contributed by atoms with Crippen LogP contribution >= 0.6 is 11.6 Å². The Hall–Kier alpha value is -2.66. The van der Waals surface area contributed by atoms with Crippen LogP contribution in [0.15, 0.2) is 59.1 Å². The fourth-order valence-electron chi connectivity index (χ4n) is 3.32. The van der Waals surface area contributed by atoms with E-state index in [0.29, 0.717) is 36.1 Å². The first-order valence-electron chi connectivity index (χ1n) is 10.2. The van der Waals surface area contributed by atoms with E-state index in [2.05, 4.69) is 37.8 Å². The van der Waals surface area contributed by atoms with Crippen LogP contribution in [0.4, 0.5) is 0 Å². The van der Waals surface area contributed by atoms with Gasteiger partial charge in [0, 0.05) is 30.0 Å². The van der Waals surface area contributed by atoms with Crippen LogP contribution < -0.4 is 0 Å². The summed E-state index contributed by atoms with van der Waals surface area (Å²) >= 11 is 6.05. The summed E-state index contributed by atoms with van der Waals surface area (Å²) in [6, 6.07) is 17.4. The van der Waals surface area contributed by atoms with Crippen molar-refractivity contribution < 1.29 is 9.32 Å². The number of carbonyl (C=O) groups is 1. The Balaban J connectivity index is 1.75. The van der Waals surface area contributed by atoms with Crippen molar-refractivity contribution in [1.29, 1.82) is 0 Å². The molecule has 0 radical (unpaired) electrons. The first-order chi connectivity index (χ1) is 14.2. The molecule has 0 unspecified atom stereocenters. The van der Waals surface area contributed by atoms with Gasteiger partial charge in [0.05, 0.1) is 6.04 Å². The lowest BCUT2D eigenvalue weighted by atomic mass is 9.91. The van der Waals surface area contributed by atoms with Crippen LogP contribution in [0.2, 0.25) is 5.02 Å². The summed E-state index contributed by atoms with van der Waals surface area (Å²) in [5.74, 6) is 1.11. The van der Waals surface area contributed by atoms with E-state index >= 15 is 0 Å². The SMILES string of the molecule is C[C@@H](c1ccccc1)N(CCc1nc(-c2cccc(Cl)c2)no1)C(=O)CC(C)(C)C. The Morgan fingerprint density at radius 2 is 1.87 bits per heavy atom. The summed E-state index contributed by atoms with van der Waals surface area (Å²) in [6.07, 6.45) is 0.961. The third-order valence-electron chi connectivity index (χ3n) is 4.87. The molecule has 3 aromatic rings. The minimum absolute atomic E-state index is 0.0450. The minimum atomic E-state index is -0.0873. The van der Waals surface area contributed by atoms with E-state index in [1.54, 1.807) is 12.1 Å². The minimum Gasteiger partial charge on any atom is -0.339 e. The van der Waals surface area contributed by atoms with Crippen molar-refractivity contribution in [3.8, 4) is 11.4 Å². The van der Waals surface area contributed by atoms with Crippen LogP contribution in [0.5, 0.6) is 0 Å². The molecule has 0 N–H and O–H groups in total. The van der Waals surface area contributed by atoms with Crippen LogP contribution in [0.1, 0.15) is 51.6 Å². The topological polar surface area (TPSA) is 59.2 Å². The molecule has 2 aromatic carbocycles. The monoisotopic (exact) mass is 425 g/mol. The summed E-state index contributed by atoms with van der Waals surface area (Å²) in [5, 5.41) is 4.68. The highest BCUT2D eigenvalue weighted by Crippen LogP contribution is 2.26. The molecule has 1 atom stereocenters. The molecule has 0 aliphatic carbocycles. The van der Waals surface area contributed by atoms with Gasteiger partial charge >= 0.3 is 0 Å². The van der Waals surface area contributed by atoms with Crippen LogP contribution in [0, 0.1) is 5.41 Å². The third kappa shape index (κ3) is 5.92. The van der Waals surface area contributed by atoms with Crippen molar-refractivity contribution in [2.45, 2.75) is 46.6 Å². The van der Waals surface area contributed by atoms with E-state index in [0.717, 1.165) is 11.1 Å². The molecule has 0 spiro atoms. The number of rotatable bonds is 7. The fourth-order valence-corrected chi connectivity index (χ4v) is 3.51. The number of carbonyl (C=O) groups excluding carboxylic acids is 1. The highest BCUT2D eigenvalue weighted by atomic mass is 35.5. The molecule has 1 amide bonds. The number of benzene rings is 2. The average Bonchev–Trinajstić information content (AvgIpc) is 3.16. The molecule has 6 heteroatoms. The molecule has 1 heterocycles. The van der Waals surface area contributed by atoms with Crippen molar-refractivity contribution in [3.05, 3.63) is 71.1 Å². The van der Waals surface area contributed by atoms with E-state index in [9.17, 15) is 4.79 Å². The number of halogens is 1. The zero-order valence-corrected chi connectivity index (χ0v) is 18.7. The Labute approximate surface area is 183 Å². The number of amides is 1. The van der Waals surface area contributed by atoms with Crippen molar-refractivity contribution in [1.82, 2.24) is 15.0 Å². The summed E-state index contributed by atoms with van der Waals surface area (Å²) < 4.78 is 5.43. The van der Waals surface area contributed by atoms with E-state index in [-0.39, 0.29) is 17.4 Å². The average molecular weight is 426 g/mol. The molecule has 0 bridgehead atoms. The van der Waals surface area contributed by atoms with Gasteiger partial charge in [-0.15, -0.1) is 0 Å². The zero-order chi connectivity index (χ0) is 21.7. The van der Waals surface area contributed by atoms with Gasteiger partial charge in [0.15, 0.2) is 0 Å². The smallest absolute Gasteiger partial charge is 0.228 e. The van der Waals surface area contributed by atoms with Gasteiger partial charge in [-0.05, 0) is 30.0 Å². The van der Waals surface area contributed by atoms with Crippen LogP contribution in [0.25, 0.3) is 11.4 Å². The second kappa shape index (κ2) is 9.43. The summed E-state index contributed by atoms with van der Waals surface area (Å²) in [5.41, 5.74) is 1.82. The number of hydrogen-bond donors (Lipinski definition) is 0. The van der Waals surface area contributed by atoms with Crippen molar-refractivity contribution in [2.75, 3.05) is 6.54 Å². The van der Waals surface area contributed by atoms with Crippen molar-refractivity contribution >= 4 is 17.5 Å². The predicted molar refractivity (Wildman–Crippen MR) is 119 cm³/mol. The molecular weight excluding hydrogens is 398 g/mol. The zero-order valence-electron chi connectivity index (χ0n) is 17.9. The highest BCUT2D eigenvalue weighted by molar-refractivity contribution is 6.30. The normalized spacial score (nSPS) is 12.6. The van der Waals surface area contributed by atoms with Gasteiger partial charge in [-0.2, -0.15) is 4.98 Å². The molecule has 0 saturated heterocycles. The Bertz CT molecular complexity index is 979. The standard InChI is InChI=1S/C24H28ClN3O2/c1-17(18-9-6-5-7-10-18)28(22(29)16-24(2,3)4)14-13-21-26-23(27-30-21)19-11-8-12-20(25)15-19/h5-12,15,17H,13-14,16H2,1-4H3/t17-/m0/s1. The molecule has 0 fully saturated rings. The van der Waals surface area contributed by atoms with Gasteiger partial charge in [-0.25, -0.2) is 0 Å². The van der Waals surface area contributed by atoms with Crippen molar-refractivity contribution in [2.24, 2.45) is 5.41 Å². The van der Waals surface area contributed by atoms with Crippen LogP contribution in [-0.4, -0.2) is 27.5 Å². The van der Waals surface area contributed by atoms with E-state index in [1.807, 2.05) is 47.4 Å². The molecule has 30 heavy (non-hydrogen) atoms. The second-order valence-electron chi connectivity index (χ2n) is 8.68. The van der Waals surface area contributed by atoms with E-state index in [1.165, 1.54) is 0 Å². The number of hydrogen-bond acceptors (Lipinski definition) is 4. The van der Waals surface area contributed by atoms with Gasteiger partial charge < -0.3 is 9.42 Å². The predicted octanol–water partition coefficient (Wildman–Crippen LogP) is 5.96. The van der Waals surface area contributed by atoms with Gasteiger partial charge in [0.25, 0.3) is 0 Å². The molecule has 3 rings (SSSR count). The summed E-state index contributed by atoms with van der Waals surface area (Å²) in [6.45, 7) is 8.78. The molecular formula is C24H28ClN3O2. The highest BCUT2D eigenvalue weighted by Gasteiger charge is 2.26. The maximum Gasteiger partial charge on any atom is 0.228 e. The van der Waals surface area contributed by atoms with Crippen LogP contribution in [0.3, 0.4) is 0 Å². The molecule has 0 saturated carbocycles. The lowest BCUT2D eigenvalue weighted by Gasteiger charge is -2.32. The van der Waals surface area contributed by atoms with E-state index < -0.39 is 0 Å². The maximum absolute atomic E-state index is 13.1. The number of nitrogens with zero attached hydrogens (tertiary/aromatic N) is 3. The summed E-state index contributed by atoms with van der Waals surface area (Å²) in [7, 11) is 0. The van der Waals surface area contributed by atoms with Crippen molar-refractivity contribution in [3.63, 3.8) is 0 Å². The Morgan fingerprint density at radius 3 is 2.53 bits per heavy atom. The van der Waals surface area contributed by atoms with Gasteiger partial charge in [0.2, 0.25) is 17.6 Å². The third-order valence-corrected chi connectivity index (χ3v) is 5.10. The fraction of sp³-hybridized carbons (Fsp3) is 0.375. The maximum atomic E-state index is 13.1. The molecule has 0 aliphatic rings. The molecule has 1 aromatic heterocycles. The summed E-state index contributed by atoms with van der Waals surface area (Å²) in [4.78, 5) is 19.5. The molecule has 158 valence electrons. The van der Waals surface area contributed by atoms with Gasteiger partial charge in [0.1, 0.15) is 0 Å². The Morgan fingerprint density at radius 1 is 1.13 bits per heavy atom. The van der Waals surface area contributed by atoms with E-state index in [4.69, 9.17) is 16.1 Å². The Kier molecular flexibility index (Phi) is 6.93. The second-order valence-corrected chi connectivity index (χ2v) is 9.12. The lowest BCUT2D eigenvalue weighted by molar-refractivity contribution is -0.135. The van der Waals surface area contributed by atoms with Gasteiger partial charge in [-0.1, -0.05) is 80.0 Å². The largest absolute Gasteiger partial charge is 0.339 e. The molecule has 5 nitrogen and oxygen atoms in total. The lowest BCUT2D eigenvalue weighted by Crippen LogP contribution is -2.37. The first kappa shape index (κ1) is 22.0. The first-order valence-corrected chi connectivity index (χ1v) is 10.5. The molecule has 0 aliphatic heterocycles. The van der Waals surface area contributed by atoms with Gasteiger partial charge in [-0.3, -0.25) is 4.79 Å². The number of aromatic nitrogens is 2.